The number of Topliss-reactive ketones (excluding diaryl/α,β-unsaturated/α-hetero) is 1. The van der Waals surface area contributed by atoms with E-state index in [4.69, 9.17) is 11.6 Å². The summed E-state index contributed by atoms with van der Waals surface area (Å²) >= 11 is 5.84. The number of hydrogen-bond acceptors (Lipinski definition) is 1. The molecule has 0 atom stereocenters. The molecule has 0 unspecified atom stereocenters. The van der Waals surface area contributed by atoms with Crippen molar-refractivity contribution in [1.82, 2.24) is 0 Å². The number of benzene rings is 1. The molecule has 0 bridgehead atoms. The van der Waals surface area contributed by atoms with Gasteiger partial charge in [0.05, 0.1) is 0 Å². The summed E-state index contributed by atoms with van der Waals surface area (Å²) in [6, 6.07) is 5.72. The number of hydrogen-bond donors (Lipinski definition) is 0. The zero-order chi connectivity index (χ0) is 9.42. The molecule has 0 saturated carbocycles. The summed E-state index contributed by atoms with van der Waals surface area (Å²) in [4.78, 5) is 11.1. The third kappa shape index (κ3) is 1.52. The lowest BCUT2D eigenvalue weighted by Crippen LogP contribution is -1.95. The molecule has 1 aromatic carbocycles. The maximum absolute atomic E-state index is 11.1. The van der Waals surface area contributed by atoms with Crippen LogP contribution in [-0.4, -0.2) is 5.78 Å². The predicted octanol–water partition coefficient (Wildman–Crippen LogP) is 2.87. The van der Waals surface area contributed by atoms with E-state index >= 15 is 0 Å². The molecule has 0 aliphatic heterocycles. The van der Waals surface area contributed by atoms with Crippen molar-refractivity contribution in [3.63, 3.8) is 0 Å². The number of ketones is 1. The van der Waals surface area contributed by atoms with E-state index in [1.165, 1.54) is 0 Å². The van der Waals surface area contributed by atoms with Gasteiger partial charge in [-0.15, -0.1) is 0 Å². The zero-order valence-electron chi connectivity index (χ0n) is 7.30. The van der Waals surface area contributed by atoms with Gasteiger partial charge in [0.25, 0.3) is 0 Å². The first-order chi connectivity index (χ1) is 6.16. The lowest BCUT2D eigenvalue weighted by molar-refractivity contribution is -0.113. The molecule has 1 aliphatic carbocycles. The molecule has 0 saturated heterocycles. The monoisotopic (exact) mass is 192 g/mol. The number of rotatable bonds is 1. The second-order valence-electron chi connectivity index (χ2n) is 3.25. The summed E-state index contributed by atoms with van der Waals surface area (Å²) < 4.78 is 0. The van der Waals surface area contributed by atoms with Crippen LogP contribution in [0.3, 0.4) is 0 Å². The predicted molar refractivity (Wildman–Crippen MR) is 53.8 cm³/mol. The van der Waals surface area contributed by atoms with Crippen molar-refractivity contribution in [3.8, 4) is 0 Å². The van der Waals surface area contributed by atoms with Crippen LogP contribution < -0.4 is 0 Å². The Morgan fingerprint density at radius 3 is 2.92 bits per heavy atom. The summed E-state index contributed by atoms with van der Waals surface area (Å²) in [5.41, 5.74) is 3.14. The molecular weight excluding hydrogens is 184 g/mol. The quantitative estimate of drug-likeness (QED) is 0.669. The highest BCUT2D eigenvalue weighted by Gasteiger charge is 2.15. The van der Waals surface area contributed by atoms with Crippen molar-refractivity contribution in [2.24, 2.45) is 0 Å². The molecule has 0 radical (unpaired) electrons. The van der Waals surface area contributed by atoms with Crippen molar-refractivity contribution in [2.75, 3.05) is 0 Å². The van der Waals surface area contributed by atoms with Gasteiger partial charge in [-0.2, -0.15) is 0 Å². The summed E-state index contributed by atoms with van der Waals surface area (Å²) in [5, 5.41) is 0.733. The highest BCUT2D eigenvalue weighted by molar-refractivity contribution is 6.30. The Balaban J connectivity index is 2.41. The third-order valence-electron chi connectivity index (χ3n) is 2.27. The fourth-order valence-corrected chi connectivity index (χ4v) is 1.73. The van der Waals surface area contributed by atoms with E-state index in [1.807, 2.05) is 24.3 Å². The van der Waals surface area contributed by atoms with Crippen LogP contribution in [0.4, 0.5) is 0 Å². The van der Waals surface area contributed by atoms with E-state index in [2.05, 4.69) is 0 Å². The Kier molecular flexibility index (Phi) is 1.97. The molecule has 0 N–H and O–H groups in total. The van der Waals surface area contributed by atoms with Crippen molar-refractivity contribution in [3.05, 3.63) is 39.9 Å². The maximum atomic E-state index is 11.1. The number of halogens is 1. The molecule has 0 fully saturated rings. The Bertz CT molecular complexity index is 405. The SMILES string of the molecule is CC(=O)C1=Cc2ccc(Cl)cc2C1. The average molecular weight is 193 g/mol. The molecule has 1 aromatic rings. The first-order valence-corrected chi connectivity index (χ1v) is 4.54. The molecule has 2 heteroatoms. The minimum Gasteiger partial charge on any atom is -0.295 e. The highest BCUT2D eigenvalue weighted by atomic mass is 35.5. The van der Waals surface area contributed by atoms with Gasteiger partial charge in [0.1, 0.15) is 0 Å². The van der Waals surface area contributed by atoms with Crippen LogP contribution in [0, 0.1) is 0 Å². The van der Waals surface area contributed by atoms with Crippen LogP contribution in [0.25, 0.3) is 6.08 Å². The molecule has 13 heavy (non-hydrogen) atoms. The molecule has 1 nitrogen and oxygen atoms in total. The van der Waals surface area contributed by atoms with Crippen LogP contribution in [0.2, 0.25) is 5.02 Å². The molecule has 0 heterocycles. The molecule has 0 spiro atoms. The Labute approximate surface area is 82.0 Å². The molecule has 2 rings (SSSR count). The lowest BCUT2D eigenvalue weighted by atomic mass is 10.1. The number of fused-ring (bicyclic) bond motifs is 1. The maximum Gasteiger partial charge on any atom is 0.156 e. The van der Waals surface area contributed by atoms with Gasteiger partial charge in [-0.25, -0.2) is 0 Å². The minimum absolute atomic E-state index is 0.146. The smallest absolute Gasteiger partial charge is 0.156 e. The summed E-state index contributed by atoms with van der Waals surface area (Å²) in [6.45, 7) is 1.60. The summed E-state index contributed by atoms with van der Waals surface area (Å²) in [5.74, 6) is 0.146. The van der Waals surface area contributed by atoms with E-state index in [0.717, 1.165) is 28.1 Å². The van der Waals surface area contributed by atoms with Crippen molar-refractivity contribution in [2.45, 2.75) is 13.3 Å². The molecule has 1 aliphatic rings. The molecule has 66 valence electrons. The molecule has 0 amide bonds. The fraction of sp³-hybridized carbons (Fsp3) is 0.182. The molecular formula is C11H9ClO. The second-order valence-corrected chi connectivity index (χ2v) is 3.68. The number of allylic oxidation sites excluding steroid dienone is 1. The standard InChI is InChI=1S/C11H9ClO/c1-7(13)9-4-8-2-3-11(12)6-10(8)5-9/h2-4,6H,5H2,1H3. The van der Waals surface area contributed by atoms with E-state index in [-0.39, 0.29) is 5.78 Å². The second kappa shape index (κ2) is 3.00. The van der Waals surface area contributed by atoms with Crippen molar-refractivity contribution < 1.29 is 4.79 Å². The Morgan fingerprint density at radius 2 is 2.23 bits per heavy atom. The van der Waals surface area contributed by atoms with Gasteiger partial charge >= 0.3 is 0 Å². The van der Waals surface area contributed by atoms with E-state index in [0.29, 0.717) is 0 Å². The van der Waals surface area contributed by atoms with Gasteiger partial charge in [0.2, 0.25) is 0 Å². The summed E-state index contributed by atoms with van der Waals surface area (Å²) in [6.07, 6.45) is 2.67. The van der Waals surface area contributed by atoms with Gasteiger partial charge in [-0.05, 0) is 41.8 Å². The van der Waals surface area contributed by atoms with Gasteiger partial charge in [-0.3, -0.25) is 4.79 Å². The van der Waals surface area contributed by atoms with E-state index in [9.17, 15) is 4.79 Å². The normalized spacial score (nSPS) is 13.8. The third-order valence-corrected chi connectivity index (χ3v) is 2.50. The van der Waals surface area contributed by atoms with Crippen LogP contribution in [0.5, 0.6) is 0 Å². The fourth-order valence-electron chi connectivity index (χ4n) is 1.54. The van der Waals surface area contributed by atoms with Crippen LogP contribution in [0.15, 0.2) is 23.8 Å². The van der Waals surface area contributed by atoms with Gasteiger partial charge in [0.15, 0.2) is 5.78 Å². The average Bonchev–Trinajstić information content (AvgIpc) is 2.46. The minimum atomic E-state index is 0.146. The van der Waals surface area contributed by atoms with E-state index < -0.39 is 0 Å². The largest absolute Gasteiger partial charge is 0.295 e. The van der Waals surface area contributed by atoms with Crippen LogP contribution in [-0.2, 0) is 11.2 Å². The van der Waals surface area contributed by atoms with Crippen LogP contribution in [0.1, 0.15) is 18.1 Å². The van der Waals surface area contributed by atoms with Crippen molar-refractivity contribution in [1.29, 1.82) is 0 Å². The zero-order valence-corrected chi connectivity index (χ0v) is 8.06. The van der Waals surface area contributed by atoms with Gasteiger partial charge in [-0.1, -0.05) is 17.7 Å². The number of carbonyl (C=O) groups is 1. The lowest BCUT2D eigenvalue weighted by Gasteiger charge is -1.97. The first-order valence-electron chi connectivity index (χ1n) is 4.17. The van der Waals surface area contributed by atoms with Crippen molar-refractivity contribution >= 4 is 23.5 Å². The Hall–Kier alpha value is -1.08. The van der Waals surface area contributed by atoms with Crippen LogP contribution >= 0.6 is 11.6 Å². The first kappa shape index (κ1) is 8.52. The number of carbonyl (C=O) groups excluding carboxylic acids is 1. The molecule has 0 aromatic heterocycles. The van der Waals surface area contributed by atoms with Gasteiger partial charge in [0, 0.05) is 11.4 Å². The van der Waals surface area contributed by atoms with Gasteiger partial charge < -0.3 is 0 Å². The van der Waals surface area contributed by atoms with E-state index in [1.54, 1.807) is 6.92 Å². The highest BCUT2D eigenvalue weighted by Crippen LogP contribution is 2.27. The Morgan fingerprint density at radius 1 is 1.46 bits per heavy atom. The summed E-state index contributed by atoms with van der Waals surface area (Å²) in [7, 11) is 0. The topological polar surface area (TPSA) is 17.1 Å².